The Labute approximate surface area is 164 Å². The highest BCUT2D eigenvalue weighted by Gasteiger charge is 2.36. The number of nitrogens with two attached hydrogens (primary N) is 1. The first-order chi connectivity index (χ1) is 13.0. The maximum absolute atomic E-state index is 12.9. The van der Waals surface area contributed by atoms with Crippen LogP contribution in [0.25, 0.3) is 0 Å². The smallest absolute Gasteiger partial charge is 0.246 e. The molecule has 5 nitrogen and oxygen atoms in total. The Morgan fingerprint density at radius 3 is 2.52 bits per heavy atom. The lowest BCUT2D eigenvalue weighted by Crippen LogP contribution is -2.53. The van der Waals surface area contributed by atoms with Crippen molar-refractivity contribution in [3.05, 3.63) is 58.3 Å². The van der Waals surface area contributed by atoms with Crippen LogP contribution in [-0.2, 0) is 21.5 Å². The van der Waals surface area contributed by atoms with E-state index >= 15 is 0 Å². The Balaban J connectivity index is 1.48. The minimum absolute atomic E-state index is 0.0295. The van der Waals surface area contributed by atoms with Gasteiger partial charge in [0.25, 0.3) is 0 Å². The van der Waals surface area contributed by atoms with Gasteiger partial charge in [0.15, 0.2) is 0 Å². The van der Waals surface area contributed by atoms with Crippen molar-refractivity contribution < 1.29 is 9.59 Å². The first-order valence-corrected chi connectivity index (χ1v) is 10.3. The molecule has 0 aliphatic carbocycles. The van der Waals surface area contributed by atoms with Gasteiger partial charge in [0.2, 0.25) is 11.8 Å². The number of hydrogen-bond acceptors (Lipinski definition) is 4. The van der Waals surface area contributed by atoms with Crippen LogP contribution in [0.4, 0.5) is 0 Å². The molecule has 144 valence electrons. The second-order valence-corrected chi connectivity index (χ2v) is 8.29. The van der Waals surface area contributed by atoms with E-state index in [1.54, 1.807) is 23.2 Å². The standard InChI is InChI=1S/C21H27N3O2S/c1-21(22,17-6-3-2-4-7-17)20(26)24-13-10-16(11-14-24)19(25)23-12-9-18-8-5-15-27-18/h2-8,15-16H,9-14,22H2,1H3,(H,23,25). The molecule has 3 rings (SSSR count). The third kappa shape index (κ3) is 4.76. The summed E-state index contributed by atoms with van der Waals surface area (Å²) in [6.45, 7) is 3.56. The van der Waals surface area contributed by atoms with Crippen LogP contribution >= 0.6 is 11.3 Å². The minimum atomic E-state index is -1.04. The Hall–Kier alpha value is -2.18. The number of carbonyl (C=O) groups is 2. The second-order valence-electron chi connectivity index (χ2n) is 7.26. The van der Waals surface area contributed by atoms with Gasteiger partial charge >= 0.3 is 0 Å². The molecular weight excluding hydrogens is 358 g/mol. The van der Waals surface area contributed by atoms with E-state index in [1.807, 2.05) is 41.8 Å². The lowest BCUT2D eigenvalue weighted by atomic mass is 9.89. The van der Waals surface area contributed by atoms with Crippen LogP contribution in [0.15, 0.2) is 47.8 Å². The van der Waals surface area contributed by atoms with Gasteiger partial charge in [-0.25, -0.2) is 0 Å². The summed E-state index contributed by atoms with van der Waals surface area (Å²) in [5, 5.41) is 5.08. The normalized spacial score (nSPS) is 17.3. The van der Waals surface area contributed by atoms with E-state index in [0.717, 1.165) is 12.0 Å². The average molecular weight is 386 g/mol. The van der Waals surface area contributed by atoms with Crippen molar-refractivity contribution in [2.24, 2.45) is 11.7 Å². The number of hydrogen-bond donors (Lipinski definition) is 2. The summed E-state index contributed by atoms with van der Waals surface area (Å²) < 4.78 is 0. The van der Waals surface area contributed by atoms with Gasteiger partial charge in [0.1, 0.15) is 5.54 Å². The molecule has 0 saturated carbocycles. The van der Waals surface area contributed by atoms with E-state index in [0.29, 0.717) is 32.5 Å². The van der Waals surface area contributed by atoms with Crippen molar-refractivity contribution >= 4 is 23.2 Å². The van der Waals surface area contributed by atoms with Gasteiger partial charge < -0.3 is 16.0 Å². The number of amides is 2. The van der Waals surface area contributed by atoms with E-state index in [4.69, 9.17) is 5.73 Å². The number of rotatable bonds is 6. The summed E-state index contributed by atoms with van der Waals surface area (Å²) in [7, 11) is 0. The first-order valence-electron chi connectivity index (χ1n) is 9.42. The van der Waals surface area contributed by atoms with Crippen molar-refractivity contribution in [1.29, 1.82) is 0 Å². The van der Waals surface area contributed by atoms with Crippen LogP contribution in [0, 0.1) is 5.92 Å². The van der Waals surface area contributed by atoms with E-state index < -0.39 is 5.54 Å². The Morgan fingerprint density at radius 1 is 1.19 bits per heavy atom. The van der Waals surface area contributed by atoms with Crippen LogP contribution < -0.4 is 11.1 Å². The average Bonchev–Trinajstić information content (AvgIpc) is 3.21. The van der Waals surface area contributed by atoms with Crippen molar-refractivity contribution in [2.45, 2.75) is 31.7 Å². The molecule has 1 aliphatic rings. The van der Waals surface area contributed by atoms with Crippen LogP contribution in [0.1, 0.15) is 30.2 Å². The van der Waals surface area contributed by atoms with Gasteiger partial charge in [-0.2, -0.15) is 0 Å². The molecule has 3 N–H and O–H groups in total. The van der Waals surface area contributed by atoms with Gasteiger partial charge in [-0.1, -0.05) is 36.4 Å². The zero-order valence-corrected chi connectivity index (χ0v) is 16.5. The molecule has 0 spiro atoms. The number of benzene rings is 1. The highest BCUT2D eigenvalue weighted by molar-refractivity contribution is 7.09. The summed E-state index contributed by atoms with van der Waals surface area (Å²) >= 11 is 1.71. The molecule has 1 atom stereocenters. The second kappa shape index (κ2) is 8.67. The topological polar surface area (TPSA) is 75.4 Å². The number of piperidine rings is 1. The number of likely N-dealkylation sites (tertiary alicyclic amines) is 1. The van der Waals surface area contributed by atoms with Crippen molar-refractivity contribution in [2.75, 3.05) is 19.6 Å². The number of nitrogens with one attached hydrogen (secondary N) is 1. The van der Waals surface area contributed by atoms with Crippen LogP contribution in [-0.4, -0.2) is 36.3 Å². The van der Waals surface area contributed by atoms with Crippen molar-refractivity contribution in [1.82, 2.24) is 10.2 Å². The van der Waals surface area contributed by atoms with Crippen LogP contribution in [0.2, 0.25) is 0 Å². The molecule has 2 amide bonds. The largest absolute Gasteiger partial charge is 0.355 e. The lowest BCUT2D eigenvalue weighted by molar-refractivity contribution is -0.140. The predicted octanol–water partition coefficient (Wildman–Crippen LogP) is 2.52. The van der Waals surface area contributed by atoms with Crippen molar-refractivity contribution in [3.8, 4) is 0 Å². The van der Waals surface area contributed by atoms with Gasteiger partial charge in [0.05, 0.1) is 0 Å². The zero-order valence-electron chi connectivity index (χ0n) is 15.7. The van der Waals surface area contributed by atoms with Crippen molar-refractivity contribution in [3.63, 3.8) is 0 Å². The Bertz CT molecular complexity index is 751. The van der Waals surface area contributed by atoms with Gasteiger partial charge in [-0.05, 0) is 43.2 Å². The van der Waals surface area contributed by atoms with E-state index in [9.17, 15) is 9.59 Å². The third-order valence-electron chi connectivity index (χ3n) is 5.22. The molecule has 2 heterocycles. The van der Waals surface area contributed by atoms with Crippen LogP contribution in [0.5, 0.6) is 0 Å². The van der Waals surface area contributed by atoms with Gasteiger partial charge in [-0.15, -0.1) is 11.3 Å². The fourth-order valence-corrected chi connectivity index (χ4v) is 4.20. The number of carbonyl (C=O) groups excluding carboxylic acids is 2. The molecule has 6 heteroatoms. The quantitative estimate of drug-likeness (QED) is 0.802. The molecule has 2 aromatic rings. The van der Waals surface area contributed by atoms with Crippen LogP contribution in [0.3, 0.4) is 0 Å². The highest BCUT2D eigenvalue weighted by atomic mass is 32.1. The van der Waals surface area contributed by atoms with Gasteiger partial charge in [-0.3, -0.25) is 9.59 Å². The van der Waals surface area contributed by atoms with E-state index in [1.165, 1.54) is 4.88 Å². The lowest BCUT2D eigenvalue weighted by Gasteiger charge is -2.36. The van der Waals surface area contributed by atoms with E-state index in [-0.39, 0.29) is 17.7 Å². The Kier molecular flexibility index (Phi) is 6.29. The maximum Gasteiger partial charge on any atom is 0.246 e. The Morgan fingerprint density at radius 2 is 1.89 bits per heavy atom. The number of thiophene rings is 1. The summed E-state index contributed by atoms with van der Waals surface area (Å²) in [5.74, 6) is -0.0133. The predicted molar refractivity (Wildman–Crippen MR) is 108 cm³/mol. The maximum atomic E-state index is 12.9. The summed E-state index contributed by atoms with van der Waals surface area (Å²) in [5.41, 5.74) is 6.11. The molecule has 1 fully saturated rings. The molecule has 27 heavy (non-hydrogen) atoms. The molecule has 1 saturated heterocycles. The molecule has 0 radical (unpaired) electrons. The first kappa shape index (κ1) is 19.6. The minimum Gasteiger partial charge on any atom is -0.355 e. The molecule has 1 unspecified atom stereocenters. The molecule has 0 bridgehead atoms. The van der Waals surface area contributed by atoms with Gasteiger partial charge in [0, 0.05) is 30.4 Å². The summed E-state index contributed by atoms with van der Waals surface area (Å²) in [4.78, 5) is 28.4. The fourth-order valence-electron chi connectivity index (χ4n) is 3.49. The highest BCUT2D eigenvalue weighted by Crippen LogP contribution is 2.24. The van der Waals surface area contributed by atoms with E-state index in [2.05, 4.69) is 11.4 Å². The molecular formula is C21H27N3O2S. The fraction of sp³-hybridized carbons (Fsp3) is 0.429. The SMILES string of the molecule is CC(N)(C(=O)N1CCC(C(=O)NCCc2cccs2)CC1)c1ccccc1. The summed E-state index contributed by atoms with van der Waals surface area (Å²) in [6, 6.07) is 13.6. The summed E-state index contributed by atoms with van der Waals surface area (Å²) in [6.07, 6.45) is 2.23. The zero-order chi connectivity index (χ0) is 19.3. The third-order valence-corrected chi connectivity index (χ3v) is 6.16. The molecule has 1 aliphatic heterocycles. The molecule has 1 aromatic carbocycles. The molecule has 1 aromatic heterocycles. The number of nitrogens with zero attached hydrogens (tertiary/aromatic N) is 1. The monoisotopic (exact) mass is 385 g/mol.